The maximum absolute atomic E-state index is 10.9. The molecule has 0 aliphatic carbocycles. The predicted octanol–water partition coefficient (Wildman–Crippen LogP) is 4.21. The van der Waals surface area contributed by atoms with Gasteiger partial charge < -0.3 is 4.43 Å². The molecule has 0 heterocycles. The normalized spacial score (nSPS) is 12.5. The largest absolute Gasteiger partial charge is 0.413 e. The van der Waals surface area contributed by atoms with Crippen LogP contribution in [0.3, 0.4) is 0 Å². The van der Waals surface area contributed by atoms with Gasteiger partial charge in [0.05, 0.1) is 6.61 Å². The molecule has 0 saturated carbocycles. The van der Waals surface area contributed by atoms with Crippen LogP contribution in [0.15, 0.2) is 24.3 Å². The molecule has 1 aromatic rings. The monoisotopic (exact) mass is 296 g/mol. The van der Waals surface area contributed by atoms with Gasteiger partial charge in [0.2, 0.25) is 0 Å². The molecule has 19 heavy (non-hydrogen) atoms. The van der Waals surface area contributed by atoms with E-state index in [1.54, 1.807) is 0 Å². The molecule has 0 aliphatic rings. The Labute approximate surface area is 123 Å². The van der Waals surface area contributed by atoms with Crippen molar-refractivity contribution in [1.82, 2.24) is 0 Å². The number of carbonyl (C=O) groups excluding carboxylic acids is 1. The van der Waals surface area contributed by atoms with Gasteiger partial charge >= 0.3 is 0 Å². The van der Waals surface area contributed by atoms with Crippen molar-refractivity contribution in [3.8, 4) is 0 Å². The zero-order chi connectivity index (χ0) is 14.7. The van der Waals surface area contributed by atoms with E-state index >= 15 is 0 Å². The number of carbonyl (C=O) groups is 1. The Balaban J connectivity index is 2.62. The predicted molar refractivity (Wildman–Crippen MR) is 86.1 cm³/mol. The highest BCUT2D eigenvalue weighted by atomic mass is 32.1. The summed E-state index contributed by atoms with van der Waals surface area (Å²) < 4.78 is 6.16. The van der Waals surface area contributed by atoms with Crippen LogP contribution in [0.25, 0.3) is 0 Å². The lowest BCUT2D eigenvalue weighted by Crippen LogP contribution is -2.40. The summed E-state index contributed by atoms with van der Waals surface area (Å²) in [6.45, 7) is 11.9. The summed E-state index contributed by atoms with van der Waals surface area (Å²) in [6.07, 6.45) is 0.381. The summed E-state index contributed by atoms with van der Waals surface area (Å²) in [4.78, 5) is 10.9. The first-order valence-corrected chi connectivity index (χ1v) is 9.91. The maximum Gasteiger partial charge on any atom is 0.192 e. The molecule has 0 aromatic heterocycles. The molecule has 0 atom stereocenters. The topological polar surface area (TPSA) is 26.3 Å². The highest BCUT2D eigenvalue weighted by Crippen LogP contribution is 2.37. The Morgan fingerprint density at radius 2 is 1.63 bits per heavy atom. The van der Waals surface area contributed by atoms with E-state index < -0.39 is 8.32 Å². The van der Waals surface area contributed by atoms with Gasteiger partial charge in [0.25, 0.3) is 0 Å². The fourth-order valence-corrected chi connectivity index (χ4v) is 2.55. The van der Waals surface area contributed by atoms with Crippen molar-refractivity contribution >= 4 is 26.1 Å². The first kappa shape index (κ1) is 16.5. The first-order valence-electron chi connectivity index (χ1n) is 6.55. The second-order valence-electron chi connectivity index (χ2n) is 6.44. The highest BCUT2D eigenvalue weighted by Gasteiger charge is 2.36. The second kappa shape index (κ2) is 6.24. The quantitative estimate of drug-likeness (QED) is 0.651. The van der Waals surface area contributed by atoms with E-state index in [9.17, 15) is 4.79 Å². The van der Waals surface area contributed by atoms with Crippen LogP contribution in [-0.4, -0.2) is 13.4 Å². The average molecular weight is 297 g/mol. The van der Waals surface area contributed by atoms with E-state index in [4.69, 9.17) is 4.43 Å². The Bertz CT molecular complexity index is 432. The molecule has 0 spiro atoms. The van der Waals surface area contributed by atoms with Crippen molar-refractivity contribution in [2.45, 2.75) is 51.9 Å². The molecule has 0 unspecified atom stereocenters. The lowest BCUT2D eigenvalue weighted by molar-refractivity contribution is -0.110. The standard InChI is InChI=1S/C15H24O2SSi/c1-15(2,3)19(4,5)17-11-13-8-6-12(7-9-13)10-14(16)18/h6-9H,10-11H2,1-5H3,(H,16,18). The van der Waals surface area contributed by atoms with Crippen LogP contribution in [0.2, 0.25) is 18.1 Å². The van der Waals surface area contributed by atoms with Crippen molar-refractivity contribution < 1.29 is 9.22 Å². The van der Waals surface area contributed by atoms with Gasteiger partial charge in [-0.3, -0.25) is 4.79 Å². The molecule has 0 fully saturated rings. The van der Waals surface area contributed by atoms with Crippen molar-refractivity contribution in [1.29, 1.82) is 0 Å². The van der Waals surface area contributed by atoms with E-state index in [2.05, 4.69) is 46.5 Å². The number of hydrogen-bond donors (Lipinski definition) is 1. The molecule has 0 radical (unpaired) electrons. The van der Waals surface area contributed by atoms with Gasteiger partial charge in [0, 0.05) is 6.42 Å². The smallest absolute Gasteiger partial charge is 0.192 e. The lowest BCUT2D eigenvalue weighted by Gasteiger charge is -2.36. The molecule has 0 amide bonds. The molecule has 4 heteroatoms. The summed E-state index contributed by atoms with van der Waals surface area (Å²) in [5, 5.41) is 0.121. The molecular formula is C15H24O2SSi. The molecular weight excluding hydrogens is 272 g/mol. The zero-order valence-electron chi connectivity index (χ0n) is 12.5. The second-order valence-corrected chi connectivity index (χ2v) is 11.7. The van der Waals surface area contributed by atoms with Crippen LogP contribution in [0.5, 0.6) is 0 Å². The van der Waals surface area contributed by atoms with Crippen molar-refractivity contribution in [3.05, 3.63) is 35.4 Å². The van der Waals surface area contributed by atoms with Gasteiger partial charge in [-0.2, -0.15) is 0 Å². The van der Waals surface area contributed by atoms with Gasteiger partial charge in [-0.1, -0.05) is 45.0 Å². The van der Waals surface area contributed by atoms with E-state index in [1.807, 2.05) is 24.3 Å². The van der Waals surface area contributed by atoms with Gasteiger partial charge in [0.1, 0.15) is 0 Å². The molecule has 2 nitrogen and oxygen atoms in total. The maximum atomic E-state index is 10.9. The third-order valence-corrected chi connectivity index (χ3v) is 8.42. The molecule has 1 rings (SSSR count). The van der Waals surface area contributed by atoms with Gasteiger partial charge in [-0.25, -0.2) is 0 Å². The Morgan fingerprint density at radius 3 is 2.05 bits per heavy atom. The Morgan fingerprint density at radius 1 is 1.16 bits per heavy atom. The minimum absolute atomic E-state index is 0.106. The summed E-state index contributed by atoms with van der Waals surface area (Å²) in [5.74, 6) is 0. The summed E-state index contributed by atoms with van der Waals surface area (Å²) >= 11 is 3.79. The van der Waals surface area contributed by atoms with Crippen LogP contribution in [0, 0.1) is 0 Å². The van der Waals surface area contributed by atoms with E-state index in [0.29, 0.717) is 13.0 Å². The van der Waals surface area contributed by atoms with Crippen LogP contribution < -0.4 is 0 Å². The molecule has 0 aliphatic heterocycles. The van der Waals surface area contributed by atoms with Crippen LogP contribution >= 0.6 is 12.6 Å². The molecule has 0 saturated heterocycles. The van der Waals surface area contributed by atoms with E-state index in [1.165, 1.54) is 0 Å². The average Bonchev–Trinajstić information content (AvgIpc) is 2.26. The molecule has 106 valence electrons. The minimum Gasteiger partial charge on any atom is -0.413 e. The molecule has 0 N–H and O–H groups in total. The molecule has 0 bridgehead atoms. The lowest BCUT2D eigenvalue weighted by atomic mass is 10.1. The van der Waals surface area contributed by atoms with Crippen LogP contribution in [-0.2, 0) is 22.2 Å². The summed E-state index contributed by atoms with van der Waals surface area (Å²) in [5.41, 5.74) is 2.15. The third kappa shape index (κ3) is 5.13. The minimum atomic E-state index is -1.69. The fourth-order valence-electron chi connectivity index (χ4n) is 1.41. The number of benzene rings is 1. The number of hydrogen-bond acceptors (Lipinski definition) is 2. The van der Waals surface area contributed by atoms with E-state index in [0.717, 1.165) is 11.1 Å². The zero-order valence-corrected chi connectivity index (χ0v) is 14.4. The SMILES string of the molecule is CC(C)(C)[Si](C)(C)OCc1ccc(CC(=O)S)cc1. The fraction of sp³-hybridized carbons (Fsp3) is 0.533. The highest BCUT2D eigenvalue weighted by molar-refractivity contribution is 7.96. The third-order valence-electron chi connectivity index (χ3n) is 3.78. The molecule has 1 aromatic carbocycles. The summed E-state index contributed by atoms with van der Waals surface area (Å²) in [7, 11) is -1.69. The number of rotatable bonds is 5. The van der Waals surface area contributed by atoms with Gasteiger partial charge in [-0.15, -0.1) is 12.6 Å². The number of thiol groups is 1. The Hall–Kier alpha value is -0.583. The van der Waals surface area contributed by atoms with Crippen molar-refractivity contribution in [3.63, 3.8) is 0 Å². The van der Waals surface area contributed by atoms with Gasteiger partial charge in [0.15, 0.2) is 13.4 Å². The first-order chi connectivity index (χ1) is 8.62. The van der Waals surface area contributed by atoms with Crippen molar-refractivity contribution in [2.24, 2.45) is 0 Å². The van der Waals surface area contributed by atoms with Crippen LogP contribution in [0.1, 0.15) is 31.9 Å². The van der Waals surface area contributed by atoms with Crippen LogP contribution in [0.4, 0.5) is 0 Å². The summed E-state index contributed by atoms with van der Waals surface area (Å²) in [6, 6.07) is 8.00. The van der Waals surface area contributed by atoms with Crippen molar-refractivity contribution in [2.75, 3.05) is 0 Å². The van der Waals surface area contributed by atoms with Gasteiger partial charge in [-0.05, 0) is 29.3 Å². The Kier molecular flexibility index (Phi) is 5.41. The van der Waals surface area contributed by atoms with E-state index in [-0.39, 0.29) is 10.2 Å².